The third-order valence-electron chi connectivity index (χ3n) is 3.26. The average Bonchev–Trinajstić information content (AvgIpc) is 2.65. The van der Waals surface area contributed by atoms with E-state index in [1.54, 1.807) is 7.11 Å². The van der Waals surface area contributed by atoms with Gasteiger partial charge >= 0.3 is 0 Å². The standard InChI is InChI=1S/C19H23NO4S/c1-3-23-16-4-6-17(7-5-16)24-13-12-20-19(21)14-25-18-10-8-15(22-2)9-11-18/h4-11H,3,12-14H2,1-2H3,(H,20,21). The Morgan fingerprint density at radius 1 is 0.960 bits per heavy atom. The van der Waals surface area contributed by atoms with Crippen LogP contribution in [0.1, 0.15) is 6.92 Å². The number of benzene rings is 2. The van der Waals surface area contributed by atoms with Gasteiger partial charge < -0.3 is 19.5 Å². The Kier molecular flexibility index (Phi) is 7.98. The minimum atomic E-state index is -0.0175. The fraction of sp³-hybridized carbons (Fsp3) is 0.316. The zero-order valence-electron chi connectivity index (χ0n) is 14.5. The molecule has 0 spiro atoms. The van der Waals surface area contributed by atoms with Crippen LogP contribution >= 0.6 is 11.8 Å². The first-order valence-electron chi connectivity index (χ1n) is 8.10. The van der Waals surface area contributed by atoms with E-state index in [4.69, 9.17) is 14.2 Å². The first-order valence-corrected chi connectivity index (χ1v) is 9.09. The van der Waals surface area contributed by atoms with Gasteiger partial charge in [-0.1, -0.05) is 0 Å². The highest BCUT2D eigenvalue weighted by molar-refractivity contribution is 8.00. The molecular formula is C19H23NO4S. The number of hydrogen-bond acceptors (Lipinski definition) is 5. The predicted octanol–water partition coefficient (Wildman–Crippen LogP) is 3.38. The third kappa shape index (κ3) is 6.97. The molecule has 0 fully saturated rings. The lowest BCUT2D eigenvalue weighted by Crippen LogP contribution is -2.29. The molecule has 6 heteroatoms. The highest BCUT2D eigenvalue weighted by atomic mass is 32.2. The summed E-state index contributed by atoms with van der Waals surface area (Å²) in [5.74, 6) is 2.73. The molecule has 25 heavy (non-hydrogen) atoms. The Bertz CT molecular complexity index is 643. The number of nitrogens with one attached hydrogen (secondary N) is 1. The summed E-state index contributed by atoms with van der Waals surface area (Å²) < 4.78 is 16.1. The van der Waals surface area contributed by atoms with E-state index in [1.165, 1.54) is 11.8 Å². The van der Waals surface area contributed by atoms with Crippen LogP contribution in [0.4, 0.5) is 0 Å². The molecule has 0 aromatic heterocycles. The molecule has 0 bridgehead atoms. The van der Waals surface area contributed by atoms with E-state index < -0.39 is 0 Å². The van der Waals surface area contributed by atoms with E-state index in [-0.39, 0.29) is 5.91 Å². The monoisotopic (exact) mass is 361 g/mol. The lowest BCUT2D eigenvalue weighted by molar-refractivity contribution is -0.118. The number of rotatable bonds is 10. The van der Waals surface area contributed by atoms with Crippen molar-refractivity contribution in [1.82, 2.24) is 5.32 Å². The maximum absolute atomic E-state index is 11.8. The summed E-state index contributed by atoms with van der Waals surface area (Å²) in [6.07, 6.45) is 0. The van der Waals surface area contributed by atoms with Crippen LogP contribution in [0.5, 0.6) is 17.2 Å². The van der Waals surface area contributed by atoms with Crippen molar-refractivity contribution >= 4 is 17.7 Å². The van der Waals surface area contributed by atoms with Crippen LogP contribution in [0.15, 0.2) is 53.4 Å². The summed E-state index contributed by atoms with van der Waals surface area (Å²) in [7, 11) is 1.63. The van der Waals surface area contributed by atoms with Crippen molar-refractivity contribution in [2.24, 2.45) is 0 Å². The molecule has 134 valence electrons. The number of methoxy groups -OCH3 is 1. The van der Waals surface area contributed by atoms with E-state index in [2.05, 4.69) is 5.32 Å². The van der Waals surface area contributed by atoms with Gasteiger partial charge in [-0.25, -0.2) is 0 Å². The molecule has 0 aliphatic carbocycles. The summed E-state index contributed by atoms with van der Waals surface area (Å²) in [6.45, 7) is 3.48. The Morgan fingerprint density at radius 2 is 1.56 bits per heavy atom. The largest absolute Gasteiger partial charge is 0.497 e. The first-order chi connectivity index (χ1) is 12.2. The van der Waals surface area contributed by atoms with Crippen molar-refractivity contribution in [3.05, 3.63) is 48.5 Å². The molecule has 1 amide bonds. The molecular weight excluding hydrogens is 338 g/mol. The highest BCUT2D eigenvalue weighted by Crippen LogP contribution is 2.21. The molecule has 0 saturated heterocycles. The molecule has 0 aliphatic rings. The van der Waals surface area contributed by atoms with Crippen LogP contribution in [0.3, 0.4) is 0 Å². The fourth-order valence-corrected chi connectivity index (χ4v) is 2.76. The van der Waals surface area contributed by atoms with E-state index in [9.17, 15) is 4.79 Å². The lowest BCUT2D eigenvalue weighted by atomic mass is 10.3. The number of ether oxygens (including phenoxy) is 3. The van der Waals surface area contributed by atoms with Crippen LogP contribution in [-0.2, 0) is 4.79 Å². The van der Waals surface area contributed by atoms with Crippen LogP contribution in [0, 0.1) is 0 Å². The fourth-order valence-electron chi connectivity index (χ4n) is 2.03. The zero-order chi connectivity index (χ0) is 17.9. The molecule has 0 atom stereocenters. The smallest absolute Gasteiger partial charge is 0.230 e. The number of hydrogen-bond donors (Lipinski definition) is 1. The molecule has 2 aromatic rings. The highest BCUT2D eigenvalue weighted by Gasteiger charge is 2.03. The van der Waals surface area contributed by atoms with Crippen molar-refractivity contribution in [1.29, 1.82) is 0 Å². The van der Waals surface area contributed by atoms with Crippen LogP contribution in [0.2, 0.25) is 0 Å². The van der Waals surface area contributed by atoms with Gasteiger partial charge in [0.15, 0.2) is 0 Å². The van der Waals surface area contributed by atoms with E-state index in [0.29, 0.717) is 25.5 Å². The van der Waals surface area contributed by atoms with E-state index >= 15 is 0 Å². The van der Waals surface area contributed by atoms with Gasteiger partial charge in [-0.2, -0.15) is 0 Å². The number of thioether (sulfide) groups is 1. The average molecular weight is 361 g/mol. The molecule has 5 nitrogen and oxygen atoms in total. The van der Waals surface area contributed by atoms with Crippen molar-refractivity contribution < 1.29 is 19.0 Å². The second-order valence-electron chi connectivity index (χ2n) is 5.07. The van der Waals surface area contributed by atoms with Gasteiger partial charge in [0.2, 0.25) is 5.91 Å². The van der Waals surface area contributed by atoms with Crippen molar-refractivity contribution in [3.63, 3.8) is 0 Å². The normalized spacial score (nSPS) is 10.2. The second-order valence-corrected chi connectivity index (χ2v) is 6.12. The zero-order valence-corrected chi connectivity index (χ0v) is 15.3. The molecule has 0 heterocycles. The molecule has 0 saturated carbocycles. The Balaban J connectivity index is 1.61. The molecule has 0 aliphatic heterocycles. The van der Waals surface area contributed by atoms with Gasteiger partial charge in [-0.15, -0.1) is 11.8 Å². The van der Waals surface area contributed by atoms with Crippen molar-refractivity contribution in [2.45, 2.75) is 11.8 Å². The number of amides is 1. The van der Waals surface area contributed by atoms with Crippen molar-refractivity contribution in [3.8, 4) is 17.2 Å². The van der Waals surface area contributed by atoms with Gasteiger partial charge in [-0.3, -0.25) is 4.79 Å². The predicted molar refractivity (Wildman–Crippen MR) is 99.8 cm³/mol. The van der Waals surface area contributed by atoms with Gasteiger partial charge in [0.1, 0.15) is 23.9 Å². The van der Waals surface area contributed by atoms with E-state index in [1.807, 2.05) is 55.5 Å². The SMILES string of the molecule is CCOc1ccc(OCCNC(=O)CSc2ccc(OC)cc2)cc1. The van der Waals surface area contributed by atoms with Crippen LogP contribution in [0.25, 0.3) is 0 Å². The summed E-state index contributed by atoms with van der Waals surface area (Å²) in [6, 6.07) is 15.1. The minimum Gasteiger partial charge on any atom is -0.497 e. The maximum atomic E-state index is 11.8. The first kappa shape index (κ1) is 19.0. The van der Waals surface area contributed by atoms with Gasteiger partial charge in [0.25, 0.3) is 0 Å². The second kappa shape index (κ2) is 10.5. The molecule has 0 radical (unpaired) electrons. The number of carbonyl (C=O) groups is 1. The van der Waals surface area contributed by atoms with Crippen LogP contribution < -0.4 is 19.5 Å². The van der Waals surface area contributed by atoms with Gasteiger partial charge in [0.05, 0.1) is 26.0 Å². The molecule has 2 aromatic carbocycles. The van der Waals surface area contributed by atoms with Gasteiger partial charge in [-0.05, 0) is 55.5 Å². The van der Waals surface area contributed by atoms with Crippen molar-refractivity contribution in [2.75, 3.05) is 32.6 Å². The Hall–Kier alpha value is -2.34. The summed E-state index contributed by atoms with van der Waals surface area (Å²) in [5.41, 5.74) is 0. The topological polar surface area (TPSA) is 56.8 Å². The summed E-state index contributed by atoms with van der Waals surface area (Å²) in [5, 5.41) is 2.84. The number of carbonyl (C=O) groups excluding carboxylic acids is 1. The molecule has 1 N–H and O–H groups in total. The van der Waals surface area contributed by atoms with E-state index in [0.717, 1.165) is 22.1 Å². The third-order valence-corrected chi connectivity index (χ3v) is 4.27. The quantitative estimate of drug-likeness (QED) is 0.519. The Morgan fingerprint density at radius 3 is 2.16 bits per heavy atom. The van der Waals surface area contributed by atoms with Crippen LogP contribution in [-0.4, -0.2) is 38.5 Å². The minimum absolute atomic E-state index is 0.0175. The summed E-state index contributed by atoms with van der Waals surface area (Å²) >= 11 is 1.49. The molecule has 0 unspecified atom stereocenters. The maximum Gasteiger partial charge on any atom is 0.230 e. The van der Waals surface area contributed by atoms with Gasteiger partial charge in [0, 0.05) is 4.90 Å². The lowest BCUT2D eigenvalue weighted by Gasteiger charge is -2.09. The molecule has 2 rings (SSSR count). The Labute approximate surface area is 152 Å². The summed E-state index contributed by atoms with van der Waals surface area (Å²) in [4.78, 5) is 12.9.